The summed E-state index contributed by atoms with van der Waals surface area (Å²) in [6.45, 7) is 0. The van der Waals surface area contributed by atoms with Gasteiger partial charge in [-0.3, -0.25) is 0 Å². The summed E-state index contributed by atoms with van der Waals surface area (Å²) in [7, 11) is 0. The number of anilines is 1. The van der Waals surface area contributed by atoms with E-state index in [4.69, 9.17) is 5.73 Å². The Morgan fingerprint density at radius 1 is 1.44 bits per heavy atom. The Morgan fingerprint density at radius 2 is 2.11 bits per heavy atom. The number of hydrogen-bond acceptors (Lipinski definition) is 1. The van der Waals surface area contributed by atoms with E-state index in [1.54, 1.807) is 0 Å². The van der Waals surface area contributed by atoms with Crippen LogP contribution in [0, 0.1) is 17.7 Å². The smallest absolute Gasteiger partial charge is 0.182 e. The molecule has 0 heterocycles. The van der Waals surface area contributed by atoms with E-state index in [9.17, 15) is 8.78 Å². The standard InChI is InChI=1S/C6H4F2N/c7-4-2-1-3-5(9)6(4)8/h1,3H,9H2. The van der Waals surface area contributed by atoms with E-state index < -0.39 is 11.6 Å². The Hall–Kier alpha value is -1.12. The van der Waals surface area contributed by atoms with Crippen LogP contribution in [0.3, 0.4) is 0 Å². The quantitative estimate of drug-likeness (QED) is 0.524. The highest BCUT2D eigenvalue weighted by Gasteiger charge is 2.02. The zero-order chi connectivity index (χ0) is 6.85. The van der Waals surface area contributed by atoms with Crippen LogP contribution in [0.1, 0.15) is 0 Å². The molecule has 1 rings (SSSR count). The molecule has 0 amide bonds. The fraction of sp³-hybridized carbons (Fsp3) is 0. The van der Waals surface area contributed by atoms with E-state index in [1.165, 1.54) is 12.1 Å². The molecule has 0 bridgehead atoms. The van der Waals surface area contributed by atoms with Gasteiger partial charge >= 0.3 is 0 Å². The van der Waals surface area contributed by atoms with Crippen LogP contribution in [0.4, 0.5) is 14.5 Å². The molecule has 47 valence electrons. The molecule has 0 aromatic heterocycles. The Kier molecular flexibility index (Phi) is 1.34. The summed E-state index contributed by atoms with van der Waals surface area (Å²) in [4.78, 5) is 0. The average molecular weight is 128 g/mol. The van der Waals surface area contributed by atoms with Crippen LogP contribution >= 0.6 is 0 Å². The zero-order valence-corrected chi connectivity index (χ0v) is 4.49. The number of halogens is 2. The molecule has 1 nitrogen and oxygen atoms in total. The van der Waals surface area contributed by atoms with Gasteiger partial charge in [-0.2, -0.15) is 0 Å². The largest absolute Gasteiger partial charge is 0.396 e. The number of hydrogen-bond donors (Lipinski definition) is 1. The Bertz CT molecular complexity index is 202. The van der Waals surface area contributed by atoms with Gasteiger partial charge in [-0.15, -0.1) is 0 Å². The Labute approximate surface area is 51.1 Å². The Balaban J connectivity index is 3.25. The van der Waals surface area contributed by atoms with Gasteiger partial charge in [-0.1, -0.05) is 0 Å². The predicted octanol–water partition coefficient (Wildman–Crippen LogP) is 1.35. The van der Waals surface area contributed by atoms with Gasteiger partial charge in [-0.25, -0.2) is 8.78 Å². The first kappa shape index (κ1) is 6.01. The molecule has 0 saturated heterocycles. The Morgan fingerprint density at radius 3 is 2.56 bits per heavy atom. The van der Waals surface area contributed by atoms with Crippen molar-refractivity contribution in [2.45, 2.75) is 0 Å². The van der Waals surface area contributed by atoms with Crippen molar-refractivity contribution >= 4 is 5.69 Å². The SMILES string of the molecule is Nc1cc[c]c(F)c1F. The number of benzene rings is 1. The molecule has 3 heteroatoms. The third-order valence-corrected chi connectivity index (χ3v) is 0.919. The molecule has 1 aromatic rings. The van der Waals surface area contributed by atoms with Gasteiger partial charge in [0.1, 0.15) is 0 Å². The van der Waals surface area contributed by atoms with Crippen molar-refractivity contribution in [2.75, 3.05) is 5.73 Å². The van der Waals surface area contributed by atoms with E-state index in [1.807, 2.05) is 6.07 Å². The second kappa shape index (κ2) is 2.01. The fourth-order valence-corrected chi connectivity index (χ4v) is 0.468. The van der Waals surface area contributed by atoms with E-state index in [-0.39, 0.29) is 5.69 Å². The topological polar surface area (TPSA) is 26.0 Å². The van der Waals surface area contributed by atoms with Crippen LogP contribution in [0.2, 0.25) is 0 Å². The highest BCUT2D eigenvalue weighted by atomic mass is 19.2. The average Bonchev–Trinajstić information content (AvgIpc) is 1.83. The lowest BCUT2D eigenvalue weighted by atomic mass is 10.3. The molecule has 0 spiro atoms. The van der Waals surface area contributed by atoms with Crippen LogP contribution in [-0.4, -0.2) is 0 Å². The van der Waals surface area contributed by atoms with Crippen LogP contribution in [0.5, 0.6) is 0 Å². The fourth-order valence-electron chi connectivity index (χ4n) is 0.468. The third kappa shape index (κ3) is 0.988. The van der Waals surface area contributed by atoms with Gasteiger partial charge < -0.3 is 5.73 Å². The maximum atomic E-state index is 12.2. The highest BCUT2D eigenvalue weighted by Crippen LogP contribution is 2.10. The van der Waals surface area contributed by atoms with Crippen molar-refractivity contribution in [1.82, 2.24) is 0 Å². The lowest BCUT2D eigenvalue weighted by Gasteiger charge is -1.93. The van der Waals surface area contributed by atoms with Crippen molar-refractivity contribution in [1.29, 1.82) is 0 Å². The number of nitrogen functional groups attached to an aromatic ring is 1. The molecule has 0 aliphatic rings. The van der Waals surface area contributed by atoms with Gasteiger partial charge in [0.05, 0.1) is 5.69 Å². The van der Waals surface area contributed by atoms with Crippen LogP contribution < -0.4 is 5.73 Å². The minimum atomic E-state index is -1.03. The third-order valence-electron chi connectivity index (χ3n) is 0.919. The summed E-state index contributed by atoms with van der Waals surface area (Å²) in [5, 5.41) is 0. The van der Waals surface area contributed by atoms with Gasteiger partial charge in [0.2, 0.25) is 0 Å². The zero-order valence-electron chi connectivity index (χ0n) is 4.49. The van der Waals surface area contributed by atoms with Crippen molar-refractivity contribution in [3.8, 4) is 0 Å². The maximum Gasteiger partial charge on any atom is 0.182 e. The molecular weight excluding hydrogens is 124 g/mol. The summed E-state index contributed by atoms with van der Waals surface area (Å²) in [6.07, 6.45) is 0. The van der Waals surface area contributed by atoms with Gasteiger partial charge in [0.25, 0.3) is 0 Å². The maximum absolute atomic E-state index is 12.2. The van der Waals surface area contributed by atoms with Gasteiger partial charge in [0, 0.05) is 6.07 Å². The normalized spacial score (nSPS) is 9.56. The van der Waals surface area contributed by atoms with Crippen molar-refractivity contribution < 1.29 is 8.78 Å². The van der Waals surface area contributed by atoms with Crippen molar-refractivity contribution in [2.24, 2.45) is 0 Å². The minimum absolute atomic E-state index is 0.189. The van der Waals surface area contributed by atoms with E-state index >= 15 is 0 Å². The van der Waals surface area contributed by atoms with Gasteiger partial charge in [-0.05, 0) is 12.1 Å². The molecule has 0 aliphatic heterocycles. The molecule has 0 saturated carbocycles. The summed E-state index contributed by atoms with van der Waals surface area (Å²) in [5.41, 5.74) is 4.80. The second-order valence-electron chi connectivity index (χ2n) is 1.56. The van der Waals surface area contributed by atoms with Gasteiger partial charge in [0.15, 0.2) is 11.6 Å². The molecular formula is C6H4F2N. The van der Waals surface area contributed by atoms with Crippen LogP contribution in [0.25, 0.3) is 0 Å². The van der Waals surface area contributed by atoms with E-state index in [2.05, 4.69) is 0 Å². The first-order chi connectivity index (χ1) is 4.22. The molecule has 0 atom stereocenters. The molecule has 9 heavy (non-hydrogen) atoms. The summed E-state index contributed by atoms with van der Waals surface area (Å²) in [6, 6.07) is 4.50. The first-order valence-corrected chi connectivity index (χ1v) is 2.33. The molecule has 1 radical (unpaired) electrons. The first-order valence-electron chi connectivity index (χ1n) is 2.33. The summed E-state index contributed by atoms with van der Waals surface area (Å²) in [5.74, 6) is -2.06. The molecule has 0 unspecified atom stereocenters. The second-order valence-corrected chi connectivity index (χ2v) is 1.56. The molecule has 0 fully saturated rings. The predicted molar refractivity (Wildman–Crippen MR) is 29.6 cm³/mol. The minimum Gasteiger partial charge on any atom is -0.396 e. The van der Waals surface area contributed by atoms with Crippen LogP contribution in [-0.2, 0) is 0 Å². The lowest BCUT2D eigenvalue weighted by molar-refractivity contribution is 0.510. The van der Waals surface area contributed by atoms with Crippen LogP contribution in [0.15, 0.2) is 12.1 Å². The van der Waals surface area contributed by atoms with E-state index in [0.717, 1.165) is 0 Å². The van der Waals surface area contributed by atoms with Crippen molar-refractivity contribution in [3.63, 3.8) is 0 Å². The number of nitrogens with two attached hydrogens (primary N) is 1. The van der Waals surface area contributed by atoms with E-state index in [0.29, 0.717) is 0 Å². The summed E-state index contributed by atoms with van der Waals surface area (Å²) < 4.78 is 24.3. The van der Waals surface area contributed by atoms with Crippen molar-refractivity contribution in [3.05, 3.63) is 29.8 Å². The molecule has 1 aromatic carbocycles. The highest BCUT2D eigenvalue weighted by molar-refractivity contribution is 5.38. The number of rotatable bonds is 0. The lowest BCUT2D eigenvalue weighted by Crippen LogP contribution is -1.92. The monoisotopic (exact) mass is 128 g/mol. The summed E-state index contributed by atoms with van der Waals surface area (Å²) >= 11 is 0. The molecule has 2 N–H and O–H groups in total. The molecule has 0 aliphatic carbocycles.